The third-order valence-corrected chi connectivity index (χ3v) is 7.63. The second kappa shape index (κ2) is 8.67. The largest absolute Gasteiger partial charge is 0.352 e. The molecule has 1 fully saturated rings. The van der Waals surface area contributed by atoms with Gasteiger partial charge >= 0.3 is 0 Å². The number of amides is 1. The van der Waals surface area contributed by atoms with E-state index >= 15 is 0 Å². The van der Waals surface area contributed by atoms with E-state index in [0.29, 0.717) is 15.8 Å². The maximum atomic E-state index is 12.6. The number of hydrogen-bond acceptors (Lipinski definition) is 5. The molecule has 7 heteroatoms. The van der Waals surface area contributed by atoms with Gasteiger partial charge in [-0.1, -0.05) is 68.0 Å². The Morgan fingerprint density at radius 3 is 2.81 bits per heavy atom. The van der Waals surface area contributed by atoms with Crippen LogP contribution < -0.4 is 5.32 Å². The molecule has 1 aromatic carbocycles. The number of rotatable bonds is 5. The van der Waals surface area contributed by atoms with Crippen molar-refractivity contribution in [3.05, 3.63) is 34.3 Å². The molecule has 0 bridgehead atoms. The number of nitrogens with one attached hydrogen (secondary N) is 1. The number of carbonyl (C=O) groups excluding carboxylic acids is 1. The Labute approximate surface area is 168 Å². The summed E-state index contributed by atoms with van der Waals surface area (Å²) in [6.07, 6.45) is 3.54. The summed E-state index contributed by atoms with van der Waals surface area (Å²) in [5, 5.41) is 7.66. The lowest BCUT2D eigenvalue weighted by Crippen LogP contribution is -2.46. The van der Waals surface area contributed by atoms with Crippen LogP contribution in [0.25, 0.3) is 5.69 Å². The van der Waals surface area contributed by atoms with Crippen molar-refractivity contribution in [1.29, 1.82) is 0 Å². The molecule has 1 heterocycles. The van der Waals surface area contributed by atoms with Gasteiger partial charge in [0.25, 0.3) is 0 Å². The number of benzene rings is 1. The highest BCUT2D eigenvalue weighted by Crippen LogP contribution is 2.31. The summed E-state index contributed by atoms with van der Waals surface area (Å²) < 4.78 is 3.28. The molecule has 0 unspecified atom stereocenters. The van der Waals surface area contributed by atoms with E-state index < -0.39 is 0 Å². The zero-order valence-electron chi connectivity index (χ0n) is 15.3. The minimum atomic E-state index is -0.191. The molecule has 4 atom stereocenters. The number of thioether (sulfide) groups is 1. The lowest BCUT2D eigenvalue weighted by Gasteiger charge is -2.35. The predicted molar refractivity (Wildman–Crippen MR) is 112 cm³/mol. The number of carbonyl (C=O) groups is 1. The number of nitrogens with zero attached hydrogens (tertiary/aromatic N) is 2. The van der Waals surface area contributed by atoms with E-state index in [9.17, 15) is 4.79 Å². The van der Waals surface area contributed by atoms with Gasteiger partial charge in [-0.15, -0.1) is 5.10 Å². The number of para-hydroxylation sites is 1. The summed E-state index contributed by atoms with van der Waals surface area (Å²) in [7, 11) is 0. The average molecular weight is 408 g/mol. The smallest absolute Gasteiger partial charge is 0.233 e. The molecule has 0 saturated heterocycles. The molecule has 1 aliphatic rings. The molecule has 1 aromatic heterocycles. The quantitative estimate of drug-likeness (QED) is 0.554. The van der Waals surface area contributed by atoms with Crippen molar-refractivity contribution in [1.82, 2.24) is 15.1 Å². The van der Waals surface area contributed by atoms with Gasteiger partial charge in [0.05, 0.1) is 10.9 Å². The van der Waals surface area contributed by atoms with Gasteiger partial charge in [0.1, 0.15) is 0 Å². The van der Waals surface area contributed by atoms with Crippen LogP contribution >= 0.6 is 35.3 Å². The van der Waals surface area contributed by atoms with Gasteiger partial charge < -0.3 is 5.32 Å². The Morgan fingerprint density at radius 1 is 1.35 bits per heavy atom. The van der Waals surface area contributed by atoms with Crippen LogP contribution in [0.4, 0.5) is 0 Å². The van der Waals surface area contributed by atoms with Crippen LogP contribution in [0, 0.1) is 15.8 Å². The van der Waals surface area contributed by atoms with Crippen molar-refractivity contribution in [3.8, 4) is 5.69 Å². The van der Waals surface area contributed by atoms with E-state index in [2.05, 4.69) is 24.3 Å². The third kappa shape index (κ3) is 4.56. The predicted octanol–water partition coefficient (Wildman–Crippen LogP) is 5.08. The summed E-state index contributed by atoms with van der Waals surface area (Å²) in [6, 6.07) is 10.1. The molecule has 0 spiro atoms. The highest BCUT2D eigenvalue weighted by atomic mass is 32.2. The highest BCUT2D eigenvalue weighted by Gasteiger charge is 2.29. The maximum absolute atomic E-state index is 12.6. The summed E-state index contributed by atoms with van der Waals surface area (Å²) in [6.45, 7) is 6.47. The molecule has 0 radical (unpaired) electrons. The van der Waals surface area contributed by atoms with E-state index in [4.69, 9.17) is 12.2 Å². The SMILES string of the molecule is C[C@@H]1[C@H](C)CCC[C@H]1NC(=O)[C@@H](C)Sc1nn(-c2ccccc2)c(=S)s1. The molecule has 3 rings (SSSR count). The lowest BCUT2D eigenvalue weighted by molar-refractivity contribution is -0.121. The van der Waals surface area contributed by atoms with Gasteiger partial charge in [0, 0.05) is 6.04 Å². The lowest BCUT2D eigenvalue weighted by atomic mass is 9.78. The van der Waals surface area contributed by atoms with Crippen molar-refractivity contribution >= 4 is 41.2 Å². The van der Waals surface area contributed by atoms with Gasteiger partial charge in [-0.25, -0.2) is 4.68 Å². The Bertz CT molecular complexity index is 802. The zero-order valence-corrected chi connectivity index (χ0v) is 17.8. The molecule has 1 saturated carbocycles. The highest BCUT2D eigenvalue weighted by molar-refractivity contribution is 8.02. The Kier molecular flexibility index (Phi) is 6.53. The van der Waals surface area contributed by atoms with Crippen molar-refractivity contribution in [3.63, 3.8) is 0 Å². The minimum Gasteiger partial charge on any atom is -0.352 e. The molecule has 1 amide bonds. The Balaban J connectivity index is 1.64. The van der Waals surface area contributed by atoms with Crippen LogP contribution in [0.2, 0.25) is 0 Å². The molecular weight excluding hydrogens is 382 g/mol. The molecule has 26 heavy (non-hydrogen) atoms. The van der Waals surface area contributed by atoms with Crippen molar-refractivity contribution in [2.24, 2.45) is 11.8 Å². The molecule has 1 aliphatic carbocycles. The van der Waals surface area contributed by atoms with Crippen molar-refractivity contribution in [2.75, 3.05) is 0 Å². The number of hydrogen-bond donors (Lipinski definition) is 1. The first kappa shape index (κ1) is 19.6. The molecule has 2 aromatic rings. The van der Waals surface area contributed by atoms with Crippen LogP contribution in [0.5, 0.6) is 0 Å². The second-order valence-electron chi connectivity index (χ2n) is 7.02. The third-order valence-electron chi connectivity index (χ3n) is 5.21. The van der Waals surface area contributed by atoms with E-state index in [1.54, 1.807) is 4.68 Å². The van der Waals surface area contributed by atoms with Crippen LogP contribution in [0.3, 0.4) is 0 Å². The fourth-order valence-electron chi connectivity index (χ4n) is 3.33. The average Bonchev–Trinajstić information content (AvgIpc) is 2.99. The molecule has 140 valence electrons. The van der Waals surface area contributed by atoms with E-state index in [1.165, 1.54) is 35.9 Å². The zero-order chi connectivity index (χ0) is 18.7. The Morgan fingerprint density at radius 2 is 2.08 bits per heavy atom. The van der Waals surface area contributed by atoms with Crippen LogP contribution in [0.15, 0.2) is 34.7 Å². The summed E-state index contributed by atoms with van der Waals surface area (Å²) >= 11 is 8.37. The van der Waals surface area contributed by atoms with Gasteiger partial charge in [0.2, 0.25) is 5.91 Å². The normalized spacial score (nSPS) is 24.2. The fourth-order valence-corrected chi connectivity index (χ4v) is 5.85. The van der Waals surface area contributed by atoms with Gasteiger partial charge in [-0.3, -0.25) is 4.79 Å². The van der Waals surface area contributed by atoms with Crippen molar-refractivity contribution in [2.45, 2.75) is 55.7 Å². The fraction of sp³-hybridized carbons (Fsp3) is 0.526. The molecule has 1 N–H and O–H groups in total. The van der Waals surface area contributed by atoms with Crippen LogP contribution in [-0.2, 0) is 4.79 Å². The second-order valence-corrected chi connectivity index (χ2v) is 10.2. The Hall–Kier alpha value is -1.18. The van der Waals surface area contributed by atoms with E-state index in [0.717, 1.165) is 16.4 Å². The monoisotopic (exact) mass is 407 g/mol. The van der Waals surface area contributed by atoms with Gasteiger partial charge in [-0.2, -0.15) is 0 Å². The first-order valence-electron chi connectivity index (χ1n) is 9.08. The van der Waals surface area contributed by atoms with Gasteiger partial charge in [0.15, 0.2) is 8.29 Å². The summed E-state index contributed by atoms with van der Waals surface area (Å²) in [4.78, 5) is 12.6. The summed E-state index contributed by atoms with van der Waals surface area (Å²) in [5.74, 6) is 1.29. The standard InChI is InChI=1S/C19H25N3OS3/c1-12-8-7-11-16(13(12)2)20-17(23)14(3)25-18-21-22(19(24)26-18)15-9-5-4-6-10-15/h4-6,9-10,12-14,16H,7-8,11H2,1-3H3,(H,20,23)/t12-,13-,14-,16-/m1/s1. The first-order chi connectivity index (χ1) is 12.5. The molecule has 4 nitrogen and oxygen atoms in total. The summed E-state index contributed by atoms with van der Waals surface area (Å²) in [5.41, 5.74) is 0.947. The topological polar surface area (TPSA) is 46.9 Å². The van der Waals surface area contributed by atoms with Crippen molar-refractivity contribution < 1.29 is 4.79 Å². The molecule has 0 aliphatic heterocycles. The first-order valence-corrected chi connectivity index (χ1v) is 11.2. The van der Waals surface area contributed by atoms with Crippen LogP contribution in [0.1, 0.15) is 40.0 Å². The maximum Gasteiger partial charge on any atom is 0.233 e. The minimum absolute atomic E-state index is 0.0910. The molecular formula is C19H25N3OS3. The van der Waals surface area contributed by atoms with Crippen LogP contribution in [-0.4, -0.2) is 27.0 Å². The number of aromatic nitrogens is 2. The van der Waals surface area contributed by atoms with Gasteiger partial charge in [-0.05, 0) is 49.5 Å². The van der Waals surface area contributed by atoms with E-state index in [1.807, 2.05) is 37.3 Å². The van der Waals surface area contributed by atoms with E-state index in [-0.39, 0.29) is 17.2 Å².